The van der Waals surface area contributed by atoms with Gasteiger partial charge in [0.2, 0.25) is 5.91 Å². The second-order valence-corrected chi connectivity index (χ2v) is 9.05. The topological polar surface area (TPSA) is 73.0 Å². The number of rotatable bonds is 4. The van der Waals surface area contributed by atoms with Crippen LogP contribution in [0.1, 0.15) is 48.2 Å². The molecule has 2 aromatic heterocycles. The highest BCUT2D eigenvalue weighted by molar-refractivity contribution is 5.96. The van der Waals surface area contributed by atoms with Gasteiger partial charge in [-0.25, -0.2) is 4.39 Å². The molecule has 2 aromatic carbocycles. The maximum Gasteiger partial charge on any atom is 0.229 e. The molecule has 0 fully saturated rings. The molecule has 7 heteroatoms. The maximum absolute atomic E-state index is 14.6. The fraction of sp³-hybridized carbons (Fsp3) is 0.346. The Morgan fingerprint density at radius 2 is 1.91 bits per heavy atom. The van der Waals surface area contributed by atoms with Gasteiger partial charge in [0, 0.05) is 29.5 Å². The fourth-order valence-electron chi connectivity index (χ4n) is 5.11. The van der Waals surface area contributed by atoms with E-state index in [9.17, 15) is 9.18 Å². The molecule has 0 saturated heterocycles. The van der Waals surface area contributed by atoms with Gasteiger partial charge in [0.15, 0.2) is 5.82 Å². The van der Waals surface area contributed by atoms with E-state index < -0.39 is 5.82 Å². The number of aromatic nitrogens is 3. The van der Waals surface area contributed by atoms with E-state index in [1.807, 2.05) is 0 Å². The number of halogens is 1. The molecule has 0 bridgehead atoms. The third-order valence-corrected chi connectivity index (χ3v) is 6.83. The zero-order valence-corrected chi connectivity index (χ0v) is 18.4. The summed E-state index contributed by atoms with van der Waals surface area (Å²) in [4.78, 5) is 12.8. The van der Waals surface area contributed by atoms with Gasteiger partial charge in [-0.1, -0.05) is 6.42 Å². The van der Waals surface area contributed by atoms with E-state index in [-0.39, 0.29) is 18.0 Å². The Kier molecular flexibility index (Phi) is 4.97. The molecular weight excluding hydrogens is 419 g/mol. The lowest BCUT2D eigenvalue weighted by molar-refractivity contribution is -0.115. The number of aryl methyl sites for hydroxylation is 3. The average Bonchev–Trinajstić information content (AvgIpc) is 3.49. The Hall–Kier alpha value is -3.48. The van der Waals surface area contributed by atoms with Gasteiger partial charge in [0.05, 0.1) is 18.4 Å². The van der Waals surface area contributed by atoms with Gasteiger partial charge in [0.25, 0.3) is 0 Å². The van der Waals surface area contributed by atoms with Crippen molar-refractivity contribution in [2.24, 2.45) is 0 Å². The molecule has 2 aliphatic rings. The first-order chi connectivity index (χ1) is 16.2. The maximum atomic E-state index is 14.6. The first kappa shape index (κ1) is 20.1. The number of amides is 1. The molecule has 0 radical (unpaired) electrons. The van der Waals surface area contributed by atoms with E-state index in [1.165, 1.54) is 23.6 Å². The first-order valence-corrected chi connectivity index (χ1v) is 11.7. The van der Waals surface area contributed by atoms with E-state index in [2.05, 4.69) is 32.2 Å². The zero-order chi connectivity index (χ0) is 22.4. The highest BCUT2D eigenvalue weighted by atomic mass is 19.1. The highest BCUT2D eigenvalue weighted by Crippen LogP contribution is 2.31. The second-order valence-electron chi connectivity index (χ2n) is 9.05. The quantitative estimate of drug-likeness (QED) is 0.468. The van der Waals surface area contributed by atoms with Gasteiger partial charge in [-0.3, -0.25) is 4.79 Å². The van der Waals surface area contributed by atoms with Crippen molar-refractivity contribution in [1.29, 1.82) is 0 Å². The van der Waals surface area contributed by atoms with E-state index in [1.54, 1.807) is 18.4 Å². The van der Waals surface area contributed by atoms with Crippen LogP contribution in [0.5, 0.6) is 0 Å². The number of nitrogens with one attached hydrogen (secondary N) is 1. The number of benzene rings is 2. The summed E-state index contributed by atoms with van der Waals surface area (Å²) in [5, 5.41) is 12.4. The molecular formula is C26H25FN4O2. The van der Waals surface area contributed by atoms with Crippen LogP contribution in [0.25, 0.3) is 22.4 Å². The lowest BCUT2D eigenvalue weighted by Gasteiger charge is -2.10. The minimum absolute atomic E-state index is 0.121. The molecule has 0 atom stereocenters. The van der Waals surface area contributed by atoms with Crippen LogP contribution >= 0.6 is 0 Å². The van der Waals surface area contributed by atoms with Crippen molar-refractivity contribution in [3.8, 4) is 11.4 Å². The number of nitrogens with zero attached hydrogens (tertiary/aromatic N) is 3. The summed E-state index contributed by atoms with van der Waals surface area (Å²) in [6.07, 6.45) is 9.30. The molecule has 1 aliphatic heterocycles. The average molecular weight is 445 g/mol. The predicted molar refractivity (Wildman–Crippen MR) is 124 cm³/mol. The van der Waals surface area contributed by atoms with Crippen LogP contribution < -0.4 is 5.32 Å². The van der Waals surface area contributed by atoms with Crippen molar-refractivity contribution < 1.29 is 13.6 Å². The van der Waals surface area contributed by atoms with Crippen LogP contribution in [0.2, 0.25) is 0 Å². The smallest absolute Gasteiger partial charge is 0.229 e. The van der Waals surface area contributed by atoms with Gasteiger partial charge >= 0.3 is 0 Å². The lowest BCUT2D eigenvalue weighted by atomic mass is 10.0. The summed E-state index contributed by atoms with van der Waals surface area (Å²) in [6, 6.07) is 8.94. The molecule has 168 valence electrons. The van der Waals surface area contributed by atoms with Crippen molar-refractivity contribution in [2.45, 2.75) is 57.9 Å². The Morgan fingerprint density at radius 1 is 1.03 bits per heavy atom. The molecule has 4 aromatic rings. The van der Waals surface area contributed by atoms with Gasteiger partial charge in [-0.2, -0.15) is 0 Å². The van der Waals surface area contributed by atoms with E-state index in [4.69, 9.17) is 4.42 Å². The molecule has 1 N–H and O–H groups in total. The molecule has 3 heterocycles. The highest BCUT2D eigenvalue weighted by Gasteiger charge is 2.19. The molecule has 0 unspecified atom stereocenters. The summed E-state index contributed by atoms with van der Waals surface area (Å²) < 4.78 is 22.4. The SMILES string of the molecule is O=C(Cc1coc2cc3c(cc12)CCC3)Nc1cc(-c2nnc3n2CCCCC3)ccc1F. The molecule has 1 amide bonds. The summed E-state index contributed by atoms with van der Waals surface area (Å²) >= 11 is 0. The normalized spacial score (nSPS) is 15.3. The van der Waals surface area contributed by atoms with Crippen molar-refractivity contribution in [2.75, 3.05) is 5.32 Å². The molecule has 6 rings (SSSR count). The number of hydrogen-bond donors (Lipinski definition) is 1. The van der Waals surface area contributed by atoms with Crippen molar-refractivity contribution in [1.82, 2.24) is 14.8 Å². The Morgan fingerprint density at radius 3 is 2.82 bits per heavy atom. The number of carbonyl (C=O) groups is 1. The van der Waals surface area contributed by atoms with E-state index in [0.29, 0.717) is 0 Å². The third-order valence-electron chi connectivity index (χ3n) is 6.83. The van der Waals surface area contributed by atoms with Crippen LogP contribution in [0, 0.1) is 5.82 Å². The van der Waals surface area contributed by atoms with Gasteiger partial charge in [0.1, 0.15) is 17.2 Å². The Balaban J connectivity index is 1.24. The molecule has 1 aliphatic carbocycles. The third kappa shape index (κ3) is 3.71. The summed E-state index contributed by atoms with van der Waals surface area (Å²) in [5.41, 5.74) is 5.18. The van der Waals surface area contributed by atoms with Crippen LogP contribution in [0.15, 0.2) is 41.0 Å². The Labute approximate surface area is 190 Å². The number of hydrogen-bond acceptors (Lipinski definition) is 4. The van der Waals surface area contributed by atoms with Crippen LogP contribution in [0.3, 0.4) is 0 Å². The summed E-state index contributed by atoms with van der Waals surface area (Å²) in [6.45, 7) is 0.855. The fourth-order valence-corrected chi connectivity index (χ4v) is 5.11. The monoisotopic (exact) mass is 444 g/mol. The van der Waals surface area contributed by atoms with Crippen molar-refractivity contribution in [3.63, 3.8) is 0 Å². The second kappa shape index (κ2) is 8.14. The minimum Gasteiger partial charge on any atom is -0.464 e. The van der Waals surface area contributed by atoms with Crippen LogP contribution in [-0.2, 0) is 37.0 Å². The van der Waals surface area contributed by atoms with Gasteiger partial charge in [-0.15, -0.1) is 10.2 Å². The first-order valence-electron chi connectivity index (χ1n) is 11.7. The van der Waals surface area contributed by atoms with Gasteiger partial charge in [-0.05, 0) is 73.6 Å². The largest absolute Gasteiger partial charge is 0.464 e. The van der Waals surface area contributed by atoms with E-state index >= 15 is 0 Å². The predicted octanol–water partition coefficient (Wildman–Crippen LogP) is 5.23. The van der Waals surface area contributed by atoms with Gasteiger partial charge < -0.3 is 14.3 Å². The number of furan rings is 1. The minimum atomic E-state index is -0.474. The van der Waals surface area contributed by atoms with Crippen molar-refractivity contribution >= 4 is 22.6 Å². The zero-order valence-electron chi connectivity index (χ0n) is 18.4. The van der Waals surface area contributed by atoms with Crippen LogP contribution in [0.4, 0.5) is 10.1 Å². The number of carbonyl (C=O) groups excluding carboxylic acids is 1. The standard InChI is InChI=1S/C26H25FN4O2/c27-21-9-8-18(26-30-29-24-7-2-1-3-10-31(24)26)12-22(21)28-25(32)14-19-15-33-23-13-17-6-4-5-16(17)11-20(19)23/h8-9,11-13,15H,1-7,10,14H2,(H,28,32). The summed E-state index contributed by atoms with van der Waals surface area (Å²) in [5.74, 6) is 0.930. The number of anilines is 1. The molecule has 0 spiro atoms. The molecule has 33 heavy (non-hydrogen) atoms. The number of fused-ring (bicyclic) bond motifs is 3. The molecule has 6 nitrogen and oxygen atoms in total. The van der Waals surface area contributed by atoms with Crippen molar-refractivity contribution in [3.05, 3.63) is 64.9 Å². The lowest BCUT2D eigenvalue weighted by Crippen LogP contribution is -2.15. The summed E-state index contributed by atoms with van der Waals surface area (Å²) in [7, 11) is 0. The van der Waals surface area contributed by atoms with E-state index in [0.717, 1.165) is 78.8 Å². The Bertz CT molecular complexity index is 1370. The molecule has 0 saturated carbocycles. The van der Waals surface area contributed by atoms with Crippen LogP contribution in [-0.4, -0.2) is 20.7 Å².